The molecule has 19 heavy (non-hydrogen) atoms. The molecule has 2 N–H and O–H groups in total. The van der Waals surface area contributed by atoms with Gasteiger partial charge in [0.1, 0.15) is 0 Å². The predicted octanol–water partition coefficient (Wildman–Crippen LogP) is 3.62. The van der Waals surface area contributed by atoms with Gasteiger partial charge in [-0.3, -0.25) is 0 Å². The quantitative estimate of drug-likeness (QED) is 0.800. The average Bonchev–Trinajstić information content (AvgIpc) is 3.01. The van der Waals surface area contributed by atoms with Gasteiger partial charge in [-0.15, -0.1) is 11.3 Å². The third-order valence-electron chi connectivity index (χ3n) is 2.58. The van der Waals surface area contributed by atoms with Gasteiger partial charge in [0.05, 0.1) is 9.88 Å². The molecule has 0 saturated heterocycles. The van der Waals surface area contributed by atoms with Gasteiger partial charge in [0.2, 0.25) is 0 Å². The van der Waals surface area contributed by atoms with Gasteiger partial charge >= 0.3 is 0 Å². The monoisotopic (exact) mass is 291 g/mol. The van der Waals surface area contributed by atoms with Crippen LogP contribution in [0.15, 0.2) is 40.9 Å². The zero-order valence-electron chi connectivity index (χ0n) is 9.84. The summed E-state index contributed by atoms with van der Waals surface area (Å²) in [5, 5.41) is 5.41. The number of thiophene rings is 1. The number of nitrogen functional groups attached to an aromatic ring is 1. The molecule has 96 valence electrons. The van der Waals surface area contributed by atoms with Crippen molar-refractivity contribution in [1.29, 1.82) is 0 Å². The molecule has 2 aromatic heterocycles. The summed E-state index contributed by atoms with van der Waals surface area (Å²) >= 11 is 7.27. The average molecular weight is 292 g/mol. The van der Waals surface area contributed by atoms with Crippen LogP contribution in [0, 0.1) is 0 Å². The molecular weight excluding hydrogens is 282 g/mol. The SMILES string of the molecule is Nc1ccc(-c2nc(Cc3ccc(Cl)cc3)no2)s1. The van der Waals surface area contributed by atoms with E-state index in [1.165, 1.54) is 11.3 Å². The summed E-state index contributed by atoms with van der Waals surface area (Å²) in [5.41, 5.74) is 6.76. The second kappa shape index (κ2) is 5.03. The number of benzene rings is 1. The maximum Gasteiger partial charge on any atom is 0.268 e. The van der Waals surface area contributed by atoms with Crippen LogP contribution >= 0.6 is 22.9 Å². The van der Waals surface area contributed by atoms with E-state index in [1.54, 1.807) is 0 Å². The van der Waals surface area contributed by atoms with E-state index < -0.39 is 0 Å². The van der Waals surface area contributed by atoms with Gasteiger partial charge in [-0.1, -0.05) is 28.9 Å². The van der Waals surface area contributed by atoms with Crippen LogP contribution in [-0.4, -0.2) is 10.1 Å². The highest BCUT2D eigenvalue weighted by atomic mass is 35.5. The van der Waals surface area contributed by atoms with Gasteiger partial charge in [0, 0.05) is 11.4 Å². The van der Waals surface area contributed by atoms with E-state index in [0.29, 0.717) is 23.2 Å². The minimum absolute atomic E-state index is 0.505. The fourth-order valence-electron chi connectivity index (χ4n) is 1.68. The maximum atomic E-state index is 5.84. The highest BCUT2D eigenvalue weighted by Gasteiger charge is 2.11. The van der Waals surface area contributed by atoms with E-state index in [9.17, 15) is 0 Å². The van der Waals surface area contributed by atoms with E-state index in [1.807, 2.05) is 36.4 Å². The number of aromatic nitrogens is 2. The lowest BCUT2D eigenvalue weighted by Crippen LogP contribution is -1.90. The highest BCUT2D eigenvalue weighted by molar-refractivity contribution is 7.19. The van der Waals surface area contributed by atoms with Crippen molar-refractivity contribution in [2.24, 2.45) is 0 Å². The van der Waals surface area contributed by atoms with Gasteiger partial charge < -0.3 is 10.3 Å². The molecule has 0 fully saturated rings. The number of hydrogen-bond donors (Lipinski definition) is 1. The Bertz CT molecular complexity index is 690. The van der Waals surface area contributed by atoms with Crippen molar-refractivity contribution in [1.82, 2.24) is 10.1 Å². The van der Waals surface area contributed by atoms with Gasteiger partial charge in [-0.2, -0.15) is 4.98 Å². The fourth-order valence-corrected chi connectivity index (χ4v) is 2.50. The van der Waals surface area contributed by atoms with Gasteiger partial charge in [-0.25, -0.2) is 0 Å². The molecule has 0 unspecified atom stereocenters. The molecule has 0 aliphatic rings. The van der Waals surface area contributed by atoms with Crippen LogP contribution in [0.4, 0.5) is 5.00 Å². The third kappa shape index (κ3) is 2.77. The van der Waals surface area contributed by atoms with E-state index in [-0.39, 0.29) is 0 Å². The summed E-state index contributed by atoms with van der Waals surface area (Å²) in [6.07, 6.45) is 0.613. The lowest BCUT2D eigenvalue weighted by molar-refractivity contribution is 0.425. The van der Waals surface area contributed by atoms with E-state index in [4.69, 9.17) is 21.9 Å². The van der Waals surface area contributed by atoms with Crippen molar-refractivity contribution in [3.63, 3.8) is 0 Å². The molecule has 3 aromatic rings. The molecule has 0 aliphatic carbocycles. The molecule has 6 heteroatoms. The zero-order chi connectivity index (χ0) is 13.2. The molecular formula is C13H10ClN3OS. The van der Waals surface area contributed by atoms with E-state index in [2.05, 4.69) is 10.1 Å². The third-order valence-corrected chi connectivity index (χ3v) is 3.74. The van der Waals surface area contributed by atoms with Crippen molar-refractivity contribution in [2.45, 2.75) is 6.42 Å². The fraction of sp³-hybridized carbons (Fsp3) is 0.0769. The summed E-state index contributed by atoms with van der Waals surface area (Å²) in [5.74, 6) is 1.15. The molecule has 0 spiro atoms. The topological polar surface area (TPSA) is 64.9 Å². The maximum absolute atomic E-state index is 5.84. The van der Waals surface area contributed by atoms with Crippen molar-refractivity contribution >= 4 is 27.9 Å². The molecule has 0 atom stereocenters. The first-order valence-electron chi connectivity index (χ1n) is 5.63. The summed E-state index contributed by atoms with van der Waals surface area (Å²) in [6, 6.07) is 11.3. The van der Waals surface area contributed by atoms with Crippen LogP contribution in [0.2, 0.25) is 5.02 Å². The number of rotatable bonds is 3. The second-order valence-corrected chi connectivity index (χ2v) is 5.57. The van der Waals surface area contributed by atoms with E-state index >= 15 is 0 Å². The number of nitrogens with zero attached hydrogens (tertiary/aromatic N) is 2. The van der Waals surface area contributed by atoms with Crippen LogP contribution < -0.4 is 5.73 Å². The van der Waals surface area contributed by atoms with Crippen LogP contribution in [-0.2, 0) is 6.42 Å². The highest BCUT2D eigenvalue weighted by Crippen LogP contribution is 2.28. The summed E-state index contributed by atoms with van der Waals surface area (Å²) in [4.78, 5) is 5.24. The molecule has 3 rings (SSSR count). The predicted molar refractivity (Wildman–Crippen MR) is 76.3 cm³/mol. The Morgan fingerprint density at radius 2 is 1.95 bits per heavy atom. The Hall–Kier alpha value is -1.85. The normalized spacial score (nSPS) is 10.8. The molecule has 2 heterocycles. The van der Waals surface area contributed by atoms with Gasteiger partial charge in [0.25, 0.3) is 5.89 Å². The first-order valence-corrected chi connectivity index (χ1v) is 6.83. The molecule has 1 aromatic carbocycles. The first-order chi connectivity index (χ1) is 9.20. The lowest BCUT2D eigenvalue weighted by Gasteiger charge is -1.95. The number of hydrogen-bond acceptors (Lipinski definition) is 5. The summed E-state index contributed by atoms with van der Waals surface area (Å²) < 4.78 is 5.23. The lowest BCUT2D eigenvalue weighted by atomic mass is 10.1. The van der Waals surface area contributed by atoms with E-state index in [0.717, 1.165) is 15.4 Å². The molecule has 0 aliphatic heterocycles. The molecule has 0 saturated carbocycles. The number of nitrogens with two attached hydrogens (primary N) is 1. The Labute approximate surface area is 118 Å². The number of anilines is 1. The standard InChI is InChI=1S/C13H10ClN3OS/c14-9-3-1-8(2-4-9)7-12-16-13(18-17-12)10-5-6-11(15)19-10/h1-6H,7,15H2. The van der Waals surface area contributed by atoms with Crippen LogP contribution in [0.5, 0.6) is 0 Å². The minimum atomic E-state index is 0.505. The molecule has 4 nitrogen and oxygen atoms in total. The first kappa shape index (κ1) is 12.2. The Kier molecular flexibility index (Phi) is 3.23. The largest absolute Gasteiger partial charge is 0.391 e. The Balaban J connectivity index is 1.80. The van der Waals surface area contributed by atoms with Crippen molar-refractivity contribution < 1.29 is 4.52 Å². The van der Waals surface area contributed by atoms with Crippen LogP contribution in [0.1, 0.15) is 11.4 Å². The smallest absolute Gasteiger partial charge is 0.268 e. The van der Waals surface area contributed by atoms with Crippen LogP contribution in [0.25, 0.3) is 10.8 Å². The zero-order valence-corrected chi connectivity index (χ0v) is 11.4. The summed E-state index contributed by atoms with van der Waals surface area (Å²) in [6.45, 7) is 0. The van der Waals surface area contributed by atoms with Crippen molar-refractivity contribution in [3.05, 3.63) is 52.8 Å². The van der Waals surface area contributed by atoms with Gasteiger partial charge in [0.15, 0.2) is 5.82 Å². The minimum Gasteiger partial charge on any atom is -0.391 e. The molecule has 0 amide bonds. The van der Waals surface area contributed by atoms with Crippen LogP contribution in [0.3, 0.4) is 0 Å². The molecule has 0 bridgehead atoms. The van der Waals surface area contributed by atoms with Crippen molar-refractivity contribution in [3.8, 4) is 10.8 Å². The Morgan fingerprint density at radius 1 is 1.16 bits per heavy atom. The molecule has 0 radical (unpaired) electrons. The Morgan fingerprint density at radius 3 is 2.63 bits per heavy atom. The number of halogens is 1. The van der Waals surface area contributed by atoms with Crippen molar-refractivity contribution in [2.75, 3.05) is 5.73 Å². The summed E-state index contributed by atoms with van der Waals surface area (Å²) in [7, 11) is 0. The van der Waals surface area contributed by atoms with Gasteiger partial charge in [-0.05, 0) is 29.8 Å². The second-order valence-electron chi connectivity index (χ2n) is 4.02.